The molecule has 0 saturated carbocycles. The van der Waals surface area contributed by atoms with Gasteiger partial charge in [-0.25, -0.2) is 0 Å². The monoisotopic (exact) mass is 458 g/mol. The lowest BCUT2D eigenvalue weighted by atomic mass is 9.88. The summed E-state index contributed by atoms with van der Waals surface area (Å²) in [6.07, 6.45) is 0. The average Bonchev–Trinajstić information content (AvgIpc) is 2.84. The van der Waals surface area contributed by atoms with Gasteiger partial charge in [0.2, 0.25) is 0 Å². The van der Waals surface area contributed by atoms with Crippen molar-refractivity contribution in [3.05, 3.63) is 120 Å². The maximum Gasteiger partial charge on any atom is 0.0175 e. The Kier molecular flexibility index (Phi) is 4.36. The predicted octanol–water partition coefficient (Wildman–Crippen LogP) is 9.24. The molecule has 0 radical (unpaired) electrons. The molecule has 0 spiro atoms. The lowest BCUT2D eigenvalue weighted by molar-refractivity contribution is 1.63. The molecule has 0 aliphatic heterocycles. The molecule has 0 fully saturated rings. The van der Waals surface area contributed by atoms with Gasteiger partial charge in [-0.3, -0.25) is 0 Å². The highest BCUT2D eigenvalue weighted by molar-refractivity contribution is 9.10. The second-order valence-electron chi connectivity index (χ2n) is 7.91. The molecule has 0 aromatic heterocycles. The van der Waals surface area contributed by atoms with Crippen LogP contribution in [0.2, 0.25) is 0 Å². The number of hydrogen-bond acceptors (Lipinski definition) is 0. The molecule has 0 saturated heterocycles. The molecule has 0 aliphatic rings. The quantitative estimate of drug-likeness (QED) is 0.226. The van der Waals surface area contributed by atoms with E-state index in [9.17, 15) is 0 Å². The number of benzene rings is 6. The van der Waals surface area contributed by atoms with Crippen molar-refractivity contribution in [2.45, 2.75) is 0 Å². The van der Waals surface area contributed by atoms with Gasteiger partial charge in [-0.15, -0.1) is 0 Å². The Hall–Kier alpha value is -3.42. The Balaban J connectivity index is 1.79. The molecular formula is C30H19Br. The molecule has 6 aromatic carbocycles. The summed E-state index contributed by atoms with van der Waals surface area (Å²) in [5, 5.41) is 7.76. The van der Waals surface area contributed by atoms with Crippen LogP contribution in [-0.4, -0.2) is 0 Å². The van der Waals surface area contributed by atoms with Crippen molar-refractivity contribution in [3.63, 3.8) is 0 Å². The van der Waals surface area contributed by atoms with Crippen LogP contribution in [-0.2, 0) is 0 Å². The van der Waals surface area contributed by atoms with Crippen LogP contribution in [0.25, 0.3) is 54.6 Å². The molecule has 0 bridgehead atoms. The highest BCUT2D eigenvalue weighted by Crippen LogP contribution is 2.41. The van der Waals surface area contributed by atoms with Crippen LogP contribution in [0.15, 0.2) is 120 Å². The van der Waals surface area contributed by atoms with E-state index < -0.39 is 0 Å². The van der Waals surface area contributed by atoms with Crippen molar-refractivity contribution in [1.82, 2.24) is 0 Å². The van der Waals surface area contributed by atoms with Crippen molar-refractivity contribution in [2.75, 3.05) is 0 Å². The summed E-state index contributed by atoms with van der Waals surface area (Å²) in [6.45, 7) is 0. The maximum absolute atomic E-state index is 3.57. The first-order chi connectivity index (χ1) is 15.3. The fraction of sp³-hybridized carbons (Fsp3) is 0. The number of halogens is 1. The number of rotatable bonds is 2. The van der Waals surface area contributed by atoms with Crippen molar-refractivity contribution in [3.8, 4) is 22.3 Å². The van der Waals surface area contributed by atoms with E-state index in [-0.39, 0.29) is 0 Å². The van der Waals surface area contributed by atoms with Gasteiger partial charge in [0.05, 0.1) is 0 Å². The molecule has 0 unspecified atom stereocenters. The van der Waals surface area contributed by atoms with Crippen molar-refractivity contribution in [2.24, 2.45) is 0 Å². The minimum absolute atomic E-state index is 1.10. The zero-order valence-electron chi connectivity index (χ0n) is 16.8. The van der Waals surface area contributed by atoms with Gasteiger partial charge in [-0.05, 0) is 78.8 Å². The average molecular weight is 459 g/mol. The zero-order valence-corrected chi connectivity index (χ0v) is 18.4. The standard InChI is InChI=1S/C30H19Br/c31-22-16-14-21(15-17-22)28-19-30-25-12-6-4-10-23(25)27(20-8-2-1-3-9-20)18-29(30)26-13-7-5-11-24(26)28/h1-19H. The Bertz CT molecular complexity index is 1560. The Morgan fingerprint density at radius 2 is 0.774 bits per heavy atom. The molecule has 0 aliphatic carbocycles. The summed E-state index contributed by atoms with van der Waals surface area (Å²) in [6, 6.07) is 41.6. The van der Waals surface area contributed by atoms with Crippen LogP contribution >= 0.6 is 15.9 Å². The Labute approximate surface area is 189 Å². The normalized spacial score (nSPS) is 11.4. The topological polar surface area (TPSA) is 0 Å². The van der Waals surface area contributed by atoms with E-state index in [2.05, 4.69) is 131 Å². The Morgan fingerprint density at radius 1 is 0.355 bits per heavy atom. The van der Waals surface area contributed by atoms with Gasteiger partial charge in [0, 0.05) is 4.47 Å². The van der Waals surface area contributed by atoms with Crippen LogP contribution in [0.4, 0.5) is 0 Å². The van der Waals surface area contributed by atoms with Gasteiger partial charge in [-0.1, -0.05) is 107 Å². The Morgan fingerprint density at radius 3 is 1.29 bits per heavy atom. The third kappa shape index (κ3) is 3.05. The minimum atomic E-state index is 1.10. The van der Waals surface area contributed by atoms with Crippen molar-refractivity contribution < 1.29 is 0 Å². The van der Waals surface area contributed by atoms with Crippen molar-refractivity contribution >= 4 is 48.2 Å². The molecule has 0 heterocycles. The first kappa shape index (κ1) is 18.4. The molecule has 0 N–H and O–H groups in total. The second-order valence-corrected chi connectivity index (χ2v) is 8.82. The fourth-order valence-electron chi connectivity index (χ4n) is 4.68. The molecule has 6 rings (SSSR count). The zero-order chi connectivity index (χ0) is 20.8. The summed E-state index contributed by atoms with van der Waals surface area (Å²) in [4.78, 5) is 0. The minimum Gasteiger partial charge on any atom is -0.0622 e. The molecule has 6 aromatic rings. The van der Waals surface area contributed by atoms with Crippen molar-refractivity contribution in [1.29, 1.82) is 0 Å². The highest BCUT2D eigenvalue weighted by Gasteiger charge is 2.14. The van der Waals surface area contributed by atoms with Crippen LogP contribution in [0.1, 0.15) is 0 Å². The van der Waals surface area contributed by atoms with Gasteiger partial charge < -0.3 is 0 Å². The van der Waals surface area contributed by atoms with Crippen LogP contribution in [0, 0.1) is 0 Å². The van der Waals surface area contributed by atoms with Gasteiger partial charge in [0.25, 0.3) is 0 Å². The second kappa shape index (κ2) is 7.37. The molecule has 146 valence electrons. The summed E-state index contributed by atoms with van der Waals surface area (Å²) in [5.74, 6) is 0. The van der Waals surface area contributed by atoms with E-state index in [1.54, 1.807) is 0 Å². The summed E-state index contributed by atoms with van der Waals surface area (Å²) >= 11 is 3.57. The molecular weight excluding hydrogens is 440 g/mol. The van der Waals surface area contributed by atoms with Gasteiger partial charge in [-0.2, -0.15) is 0 Å². The summed E-state index contributed by atoms with van der Waals surface area (Å²) in [7, 11) is 0. The molecule has 0 amide bonds. The van der Waals surface area contributed by atoms with Gasteiger partial charge in [0.15, 0.2) is 0 Å². The SMILES string of the molecule is Brc1ccc(-c2cc3c4ccccc4c(-c4ccccc4)cc3c3ccccc23)cc1. The molecule has 0 atom stereocenters. The largest absolute Gasteiger partial charge is 0.0622 e. The molecule has 31 heavy (non-hydrogen) atoms. The molecule has 1 heteroatoms. The summed E-state index contributed by atoms with van der Waals surface area (Å²) < 4.78 is 1.10. The smallest absolute Gasteiger partial charge is 0.0175 e. The van der Waals surface area contributed by atoms with E-state index in [4.69, 9.17) is 0 Å². The first-order valence-corrected chi connectivity index (χ1v) is 11.3. The predicted molar refractivity (Wildman–Crippen MR) is 138 cm³/mol. The first-order valence-electron chi connectivity index (χ1n) is 10.5. The van der Waals surface area contributed by atoms with Crippen LogP contribution in [0.3, 0.4) is 0 Å². The van der Waals surface area contributed by atoms with E-state index in [0.717, 1.165) is 4.47 Å². The maximum atomic E-state index is 3.57. The van der Waals surface area contributed by atoms with E-state index in [1.165, 1.54) is 54.6 Å². The highest BCUT2D eigenvalue weighted by atomic mass is 79.9. The third-order valence-electron chi connectivity index (χ3n) is 6.12. The lowest BCUT2D eigenvalue weighted by Gasteiger charge is -2.16. The van der Waals surface area contributed by atoms with E-state index >= 15 is 0 Å². The van der Waals surface area contributed by atoms with E-state index in [0.29, 0.717) is 0 Å². The summed E-state index contributed by atoms with van der Waals surface area (Å²) in [5.41, 5.74) is 5.04. The van der Waals surface area contributed by atoms with Gasteiger partial charge in [0.1, 0.15) is 0 Å². The van der Waals surface area contributed by atoms with E-state index in [1.807, 2.05) is 0 Å². The lowest BCUT2D eigenvalue weighted by Crippen LogP contribution is -1.89. The van der Waals surface area contributed by atoms with Gasteiger partial charge >= 0.3 is 0 Å². The molecule has 0 nitrogen and oxygen atoms in total. The van der Waals surface area contributed by atoms with Crippen LogP contribution in [0.5, 0.6) is 0 Å². The third-order valence-corrected chi connectivity index (χ3v) is 6.65. The number of hydrogen-bond donors (Lipinski definition) is 0. The fourth-order valence-corrected chi connectivity index (χ4v) is 4.94. The van der Waals surface area contributed by atoms with Crippen LogP contribution < -0.4 is 0 Å². The number of fused-ring (bicyclic) bond motifs is 5.